The summed E-state index contributed by atoms with van der Waals surface area (Å²) in [4.78, 5) is 0. The van der Waals surface area contributed by atoms with Crippen molar-refractivity contribution in [3.05, 3.63) is 33.8 Å². The molecule has 18 heavy (non-hydrogen) atoms. The Morgan fingerprint density at radius 3 is 2.94 bits per heavy atom. The molecule has 0 amide bonds. The fourth-order valence-corrected chi connectivity index (χ4v) is 2.38. The van der Waals surface area contributed by atoms with Crippen molar-refractivity contribution in [3.8, 4) is 0 Å². The van der Waals surface area contributed by atoms with Crippen LogP contribution in [-0.4, -0.2) is 32.5 Å². The minimum absolute atomic E-state index is 0.110. The number of ether oxygens (including phenoxy) is 2. The third-order valence-electron chi connectivity index (χ3n) is 2.96. The zero-order chi connectivity index (χ0) is 13.0. The lowest BCUT2D eigenvalue weighted by Crippen LogP contribution is -2.38. The van der Waals surface area contributed by atoms with Gasteiger partial charge in [0.15, 0.2) is 0 Å². The number of hydrogen-bond acceptors (Lipinski definition) is 3. The SMILES string of the molecule is CC(NCC1COCCO1)c1cc(Cl)ccc1Cl. The smallest absolute Gasteiger partial charge is 0.0933 e. The van der Waals surface area contributed by atoms with E-state index in [2.05, 4.69) is 12.2 Å². The van der Waals surface area contributed by atoms with Gasteiger partial charge in [0.05, 0.1) is 25.9 Å². The molecule has 1 aromatic carbocycles. The molecular weight excluding hydrogens is 273 g/mol. The van der Waals surface area contributed by atoms with Crippen LogP contribution in [0.4, 0.5) is 0 Å². The molecule has 0 aromatic heterocycles. The third kappa shape index (κ3) is 3.84. The lowest BCUT2D eigenvalue weighted by molar-refractivity contribution is -0.0869. The van der Waals surface area contributed by atoms with Crippen LogP contribution in [-0.2, 0) is 9.47 Å². The molecule has 1 aliphatic heterocycles. The van der Waals surface area contributed by atoms with Crippen molar-refractivity contribution in [2.24, 2.45) is 0 Å². The summed E-state index contributed by atoms with van der Waals surface area (Å²) in [6, 6.07) is 5.62. The summed E-state index contributed by atoms with van der Waals surface area (Å²) in [5.41, 5.74) is 1.00. The predicted octanol–water partition coefficient (Wildman–Crippen LogP) is 3.06. The molecule has 1 fully saturated rings. The van der Waals surface area contributed by atoms with Gasteiger partial charge in [0, 0.05) is 22.6 Å². The molecule has 0 bridgehead atoms. The van der Waals surface area contributed by atoms with E-state index in [1.165, 1.54) is 0 Å². The molecule has 2 unspecified atom stereocenters. The van der Waals surface area contributed by atoms with Gasteiger partial charge in [0.2, 0.25) is 0 Å². The molecule has 1 aromatic rings. The van der Waals surface area contributed by atoms with Crippen molar-refractivity contribution in [2.75, 3.05) is 26.4 Å². The Hall–Kier alpha value is -0.320. The second-order valence-corrected chi connectivity index (χ2v) is 5.21. The number of nitrogens with one attached hydrogen (secondary N) is 1. The molecule has 0 spiro atoms. The molecule has 100 valence electrons. The highest BCUT2D eigenvalue weighted by molar-refractivity contribution is 6.33. The molecule has 0 aliphatic carbocycles. The monoisotopic (exact) mass is 289 g/mol. The van der Waals surface area contributed by atoms with Gasteiger partial charge in [0.1, 0.15) is 0 Å². The summed E-state index contributed by atoms with van der Waals surface area (Å²) in [6.45, 7) is 4.79. The van der Waals surface area contributed by atoms with Crippen molar-refractivity contribution in [1.29, 1.82) is 0 Å². The maximum atomic E-state index is 6.16. The number of hydrogen-bond donors (Lipinski definition) is 1. The van der Waals surface area contributed by atoms with Crippen LogP contribution in [0.2, 0.25) is 10.0 Å². The lowest BCUT2D eigenvalue weighted by Gasteiger charge is -2.25. The first-order valence-electron chi connectivity index (χ1n) is 6.04. The van der Waals surface area contributed by atoms with Crippen LogP contribution in [0.5, 0.6) is 0 Å². The van der Waals surface area contributed by atoms with E-state index in [4.69, 9.17) is 32.7 Å². The van der Waals surface area contributed by atoms with E-state index in [0.717, 1.165) is 17.1 Å². The molecule has 1 heterocycles. The minimum atomic E-state index is 0.110. The van der Waals surface area contributed by atoms with Gasteiger partial charge < -0.3 is 14.8 Å². The Balaban J connectivity index is 1.90. The summed E-state index contributed by atoms with van der Waals surface area (Å²) < 4.78 is 10.9. The molecule has 1 aliphatic rings. The van der Waals surface area contributed by atoms with Crippen LogP contribution < -0.4 is 5.32 Å². The van der Waals surface area contributed by atoms with Crippen LogP contribution in [0.3, 0.4) is 0 Å². The molecule has 5 heteroatoms. The summed E-state index contributed by atoms with van der Waals surface area (Å²) in [6.07, 6.45) is 0.110. The van der Waals surface area contributed by atoms with Crippen LogP contribution in [0.1, 0.15) is 18.5 Å². The Kier molecular flexibility index (Phi) is 5.27. The quantitative estimate of drug-likeness (QED) is 0.924. The Labute approximate surface area is 117 Å². The second-order valence-electron chi connectivity index (χ2n) is 4.36. The minimum Gasteiger partial charge on any atom is -0.376 e. The van der Waals surface area contributed by atoms with Crippen molar-refractivity contribution in [3.63, 3.8) is 0 Å². The molecule has 2 atom stereocenters. The van der Waals surface area contributed by atoms with E-state index in [1.54, 1.807) is 6.07 Å². The average Bonchev–Trinajstić information content (AvgIpc) is 2.40. The lowest BCUT2D eigenvalue weighted by atomic mass is 10.1. The van der Waals surface area contributed by atoms with E-state index >= 15 is 0 Å². The number of benzene rings is 1. The van der Waals surface area contributed by atoms with E-state index in [9.17, 15) is 0 Å². The van der Waals surface area contributed by atoms with Crippen molar-refractivity contribution < 1.29 is 9.47 Å². The van der Waals surface area contributed by atoms with Gasteiger partial charge in [-0.1, -0.05) is 23.2 Å². The number of halogens is 2. The van der Waals surface area contributed by atoms with E-state index in [0.29, 0.717) is 24.8 Å². The van der Waals surface area contributed by atoms with Gasteiger partial charge in [0.25, 0.3) is 0 Å². The first-order valence-corrected chi connectivity index (χ1v) is 6.80. The van der Waals surface area contributed by atoms with Crippen LogP contribution in [0.25, 0.3) is 0 Å². The normalized spacial score (nSPS) is 21.8. The van der Waals surface area contributed by atoms with Gasteiger partial charge in [-0.2, -0.15) is 0 Å². The van der Waals surface area contributed by atoms with Gasteiger partial charge in [-0.15, -0.1) is 0 Å². The molecule has 0 radical (unpaired) electrons. The topological polar surface area (TPSA) is 30.5 Å². The molecule has 1 N–H and O–H groups in total. The van der Waals surface area contributed by atoms with Crippen molar-refractivity contribution in [1.82, 2.24) is 5.32 Å². The highest BCUT2D eigenvalue weighted by Gasteiger charge is 2.16. The van der Waals surface area contributed by atoms with E-state index in [-0.39, 0.29) is 12.1 Å². The van der Waals surface area contributed by atoms with Crippen LogP contribution in [0, 0.1) is 0 Å². The van der Waals surface area contributed by atoms with Gasteiger partial charge in [-0.05, 0) is 30.7 Å². The predicted molar refractivity (Wildman–Crippen MR) is 73.4 cm³/mol. The highest BCUT2D eigenvalue weighted by Crippen LogP contribution is 2.26. The molecular formula is C13H17Cl2NO2. The maximum Gasteiger partial charge on any atom is 0.0933 e. The van der Waals surface area contributed by atoms with Crippen molar-refractivity contribution in [2.45, 2.75) is 19.1 Å². The fraction of sp³-hybridized carbons (Fsp3) is 0.538. The molecule has 1 saturated heterocycles. The summed E-state index contributed by atoms with van der Waals surface area (Å²) in [7, 11) is 0. The summed E-state index contributed by atoms with van der Waals surface area (Å²) in [5, 5.41) is 4.81. The first kappa shape index (κ1) is 14.1. The van der Waals surface area contributed by atoms with Crippen LogP contribution in [0.15, 0.2) is 18.2 Å². The first-order chi connectivity index (χ1) is 8.66. The maximum absolute atomic E-state index is 6.16. The summed E-state index contributed by atoms with van der Waals surface area (Å²) >= 11 is 12.1. The standard InChI is InChI=1S/C13H17Cl2NO2/c1-9(12-6-10(14)2-3-13(12)15)16-7-11-8-17-4-5-18-11/h2-3,6,9,11,16H,4-5,7-8H2,1H3. The second kappa shape index (κ2) is 6.73. The zero-order valence-electron chi connectivity index (χ0n) is 10.3. The Bertz CT molecular complexity index is 395. The molecule has 3 nitrogen and oxygen atoms in total. The summed E-state index contributed by atoms with van der Waals surface area (Å²) in [5.74, 6) is 0. The fourth-order valence-electron chi connectivity index (χ4n) is 1.92. The van der Waals surface area contributed by atoms with Gasteiger partial charge >= 0.3 is 0 Å². The van der Waals surface area contributed by atoms with Crippen molar-refractivity contribution >= 4 is 23.2 Å². The van der Waals surface area contributed by atoms with Gasteiger partial charge in [-0.3, -0.25) is 0 Å². The molecule has 2 rings (SSSR count). The Morgan fingerprint density at radius 1 is 1.39 bits per heavy atom. The largest absolute Gasteiger partial charge is 0.376 e. The zero-order valence-corrected chi connectivity index (χ0v) is 11.8. The van der Waals surface area contributed by atoms with Crippen LogP contribution >= 0.6 is 23.2 Å². The van der Waals surface area contributed by atoms with E-state index in [1.807, 2.05) is 12.1 Å². The third-order valence-corrected chi connectivity index (χ3v) is 3.54. The highest BCUT2D eigenvalue weighted by atomic mass is 35.5. The molecule has 0 saturated carbocycles. The Morgan fingerprint density at radius 2 is 2.22 bits per heavy atom. The van der Waals surface area contributed by atoms with Gasteiger partial charge in [-0.25, -0.2) is 0 Å². The number of rotatable bonds is 4. The van der Waals surface area contributed by atoms with E-state index < -0.39 is 0 Å². The average molecular weight is 290 g/mol.